The topological polar surface area (TPSA) is 98.7 Å². The van der Waals surface area contributed by atoms with Crippen molar-refractivity contribution < 1.29 is 19.5 Å². The van der Waals surface area contributed by atoms with E-state index in [1.807, 2.05) is 49.4 Å². The van der Waals surface area contributed by atoms with Crippen molar-refractivity contribution in [3.05, 3.63) is 64.7 Å². The van der Waals surface area contributed by atoms with Crippen molar-refractivity contribution in [1.29, 1.82) is 0 Å². The molecule has 3 amide bonds. The molecular formula is C27H30ClN3O4S. The fourth-order valence-corrected chi connectivity index (χ4v) is 9.25. The molecule has 5 rings (SSSR count). The summed E-state index contributed by atoms with van der Waals surface area (Å²) in [5, 5.41) is 16.6. The lowest BCUT2D eigenvalue weighted by Gasteiger charge is -2.40. The van der Waals surface area contributed by atoms with Gasteiger partial charge in [0.15, 0.2) is 0 Å². The molecule has 0 radical (unpaired) electrons. The molecule has 3 heterocycles. The van der Waals surface area contributed by atoms with Gasteiger partial charge >= 0.3 is 0 Å². The van der Waals surface area contributed by atoms with Crippen molar-refractivity contribution in [2.24, 2.45) is 17.8 Å². The second kappa shape index (κ2) is 9.39. The van der Waals surface area contributed by atoms with Gasteiger partial charge in [0.1, 0.15) is 6.04 Å². The maximum absolute atomic E-state index is 14.2. The third kappa shape index (κ3) is 3.56. The summed E-state index contributed by atoms with van der Waals surface area (Å²) in [6.07, 6.45) is 0.740. The molecule has 0 aromatic heterocycles. The zero-order valence-corrected chi connectivity index (χ0v) is 22.0. The molecule has 190 valence electrons. The van der Waals surface area contributed by atoms with Gasteiger partial charge in [-0.1, -0.05) is 61.0 Å². The molecule has 9 heteroatoms. The van der Waals surface area contributed by atoms with Crippen LogP contribution in [-0.4, -0.2) is 57.4 Å². The number of aryl methyl sites for hydroxylation is 1. The number of carbonyl (C=O) groups excluding carboxylic acids is 3. The van der Waals surface area contributed by atoms with Crippen molar-refractivity contribution >= 4 is 46.8 Å². The third-order valence-corrected chi connectivity index (χ3v) is 10.5. The summed E-state index contributed by atoms with van der Waals surface area (Å²) in [5.74, 6) is -1.95. The number of benzene rings is 2. The summed E-state index contributed by atoms with van der Waals surface area (Å²) >= 11 is 8.03. The Kier molecular flexibility index (Phi) is 6.55. The van der Waals surface area contributed by atoms with Gasteiger partial charge in [0, 0.05) is 12.3 Å². The summed E-state index contributed by atoms with van der Waals surface area (Å²) in [6, 6.07) is 13.0. The van der Waals surface area contributed by atoms with Crippen molar-refractivity contribution in [3.8, 4) is 0 Å². The number of nitrogens with one attached hydrogen (secondary N) is 2. The average molecular weight is 528 g/mol. The molecule has 36 heavy (non-hydrogen) atoms. The van der Waals surface area contributed by atoms with Crippen LogP contribution in [0.4, 0.5) is 5.69 Å². The molecule has 1 spiro atoms. The quantitative estimate of drug-likeness (QED) is 0.535. The number of carbonyl (C=O) groups is 3. The highest BCUT2D eigenvalue weighted by molar-refractivity contribution is 8.02. The summed E-state index contributed by atoms with van der Waals surface area (Å²) < 4.78 is -0.791. The van der Waals surface area contributed by atoms with E-state index in [1.165, 1.54) is 0 Å². The first-order valence-corrected chi connectivity index (χ1v) is 13.4. The van der Waals surface area contributed by atoms with Gasteiger partial charge in [-0.25, -0.2) is 0 Å². The highest BCUT2D eigenvalue weighted by Gasteiger charge is 2.76. The van der Waals surface area contributed by atoms with E-state index in [0.29, 0.717) is 10.7 Å². The number of amides is 3. The van der Waals surface area contributed by atoms with Crippen LogP contribution in [0.5, 0.6) is 0 Å². The van der Waals surface area contributed by atoms with Gasteiger partial charge in [-0.3, -0.25) is 14.4 Å². The zero-order valence-electron chi connectivity index (χ0n) is 20.4. The second-order valence-electron chi connectivity index (χ2n) is 9.94. The Balaban J connectivity index is 1.65. The number of likely N-dealkylation sites (tertiary alicyclic amines) is 1. The predicted molar refractivity (Wildman–Crippen MR) is 141 cm³/mol. The molecule has 3 aliphatic heterocycles. The number of para-hydroxylation sites is 1. The van der Waals surface area contributed by atoms with E-state index in [2.05, 4.69) is 17.6 Å². The molecule has 3 saturated heterocycles. The molecule has 3 unspecified atom stereocenters. The Labute approximate surface area is 220 Å². The summed E-state index contributed by atoms with van der Waals surface area (Å²) in [5.41, 5.74) is 2.05. The first-order chi connectivity index (χ1) is 17.3. The molecule has 3 aliphatic rings. The maximum Gasteiger partial charge on any atom is 0.248 e. The molecule has 0 saturated carbocycles. The Bertz CT molecular complexity index is 1190. The molecule has 2 aromatic rings. The van der Waals surface area contributed by atoms with Crippen LogP contribution in [0.15, 0.2) is 48.5 Å². The SMILES string of the molecule is CNC(=O)[C@@H]1[C@@H]2CC(C)C3(S2)C(C(=O)Nc2c(C)cccc2Cl)N([C@H](CO)c2ccccc2)C(=O)[C@H]13. The van der Waals surface area contributed by atoms with E-state index < -0.39 is 28.7 Å². The molecular weight excluding hydrogens is 498 g/mol. The number of anilines is 1. The predicted octanol–water partition coefficient (Wildman–Crippen LogP) is 3.40. The zero-order chi connectivity index (χ0) is 25.8. The van der Waals surface area contributed by atoms with Crippen LogP contribution >= 0.6 is 23.4 Å². The normalized spacial score (nSPS) is 31.3. The fourth-order valence-electron chi connectivity index (χ4n) is 6.57. The minimum atomic E-state index is -0.886. The highest BCUT2D eigenvalue weighted by atomic mass is 35.5. The van der Waals surface area contributed by atoms with Gasteiger partial charge in [0.2, 0.25) is 17.7 Å². The lowest BCUT2D eigenvalue weighted by molar-refractivity contribution is -0.142. The lowest BCUT2D eigenvalue weighted by atomic mass is 9.66. The van der Waals surface area contributed by atoms with Crippen LogP contribution in [0.25, 0.3) is 0 Å². The summed E-state index contributed by atoms with van der Waals surface area (Å²) in [4.78, 5) is 43.0. The van der Waals surface area contributed by atoms with E-state index >= 15 is 0 Å². The minimum absolute atomic E-state index is 0.0190. The number of rotatable bonds is 6. The number of fused-ring (bicyclic) bond motifs is 1. The van der Waals surface area contributed by atoms with Crippen molar-refractivity contribution in [2.45, 2.75) is 42.3 Å². The van der Waals surface area contributed by atoms with E-state index in [1.54, 1.807) is 29.8 Å². The van der Waals surface area contributed by atoms with Gasteiger partial charge in [-0.2, -0.15) is 0 Å². The molecule has 3 fully saturated rings. The number of hydrogen-bond acceptors (Lipinski definition) is 5. The summed E-state index contributed by atoms with van der Waals surface area (Å²) in [7, 11) is 1.58. The van der Waals surface area contributed by atoms with Crippen LogP contribution < -0.4 is 10.6 Å². The Morgan fingerprint density at radius 2 is 1.92 bits per heavy atom. The van der Waals surface area contributed by atoms with Crippen LogP contribution in [0.2, 0.25) is 5.02 Å². The molecule has 2 bridgehead atoms. The average Bonchev–Trinajstić information content (AvgIpc) is 3.46. The van der Waals surface area contributed by atoms with Crippen LogP contribution in [0, 0.1) is 24.7 Å². The number of thioether (sulfide) groups is 1. The van der Waals surface area contributed by atoms with Crippen LogP contribution in [-0.2, 0) is 14.4 Å². The van der Waals surface area contributed by atoms with Gasteiger partial charge in [0.05, 0.1) is 39.9 Å². The van der Waals surface area contributed by atoms with Gasteiger partial charge in [-0.05, 0) is 36.5 Å². The van der Waals surface area contributed by atoms with Crippen LogP contribution in [0.3, 0.4) is 0 Å². The lowest BCUT2D eigenvalue weighted by Crippen LogP contribution is -2.55. The molecule has 7 atom stereocenters. The van der Waals surface area contributed by atoms with E-state index in [0.717, 1.165) is 17.5 Å². The monoisotopic (exact) mass is 527 g/mol. The van der Waals surface area contributed by atoms with Crippen molar-refractivity contribution in [2.75, 3.05) is 19.0 Å². The smallest absolute Gasteiger partial charge is 0.248 e. The first kappa shape index (κ1) is 25.1. The number of hydrogen-bond donors (Lipinski definition) is 3. The van der Waals surface area contributed by atoms with E-state index in [4.69, 9.17) is 11.6 Å². The third-order valence-electron chi connectivity index (χ3n) is 8.14. The Morgan fingerprint density at radius 1 is 1.19 bits per heavy atom. The van der Waals surface area contributed by atoms with Gasteiger partial charge in [-0.15, -0.1) is 11.8 Å². The summed E-state index contributed by atoms with van der Waals surface area (Å²) in [6.45, 7) is 3.58. The number of aliphatic hydroxyl groups is 1. The minimum Gasteiger partial charge on any atom is -0.394 e. The maximum atomic E-state index is 14.2. The molecule has 0 aliphatic carbocycles. The Morgan fingerprint density at radius 3 is 2.56 bits per heavy atom. The van der Waals surface area contributed by atoms with Crippen molar-refractivity contribution in [3.63, 3.8) is 0 Å². The van der Waals surface area contributed by atoms with E-state index in [-0.39, 0.29) is 35.5 Å². The fraction of sp³-hybridized carbons (Fsp3) is 0.444. The van der Waals surface area contributed by atoms with Gasteiger partial charge in [0.25, 0.3) is 0 Å². The van der Waals surface area contributed by atoms with Crippen molar-refractivity contribution in [1.82, 2.24) is 10.2 Å². The van der Waals surface area contributed by atoms with Gasteiger partial charge < -0.3 is 20.6 Å². The number of nitrogens with zero attached hydrogens (tertiary/aromatic N) is 1. The first-order valence-electron chi connectivity index (χ1n) is 12.2. The largest absolute Gasteiger partial charge is 0.394 e. The Hall–Kier alpha value is -2.55. The number of halogens is 1. The van der Waals surface area contributed by atoms with E-state index in [9.17, 15) is 19.5 Å². The highest BCUT2D eigenvalue weighted by Crippen LogP contribution is 2.69. The standard InChI is InChI=1S/C27H30ClN3O4S/c1-14-8-7-11-17(28)22(14)30-25(34)23-27-15(2)12-19(36-27)20(24(33)29-3)21(27)26(35)31(23)18(13-32)16-9-5-4-6-10-16/h4-11,15,18-21,23,32H,12-13H2,1-3H3,(H,29,33)(H,30,34)/t15?,18-,19+,20-,21+,23?,27?/m1/s1. The molecule has 3 N–H and O–H groups in total. The molecule has 7 nitrogen and oxygen atoms in total. The molecule has 2 aromatic carbocycles. The van der Waals surface area contributed by atoms with Crippen LogP contribution in [0.1, 0.15) is 30.5 Å². The number of aliphatic hydroxyl groups excluding tert-OH is 1. The second-order valence-corrected chi connectivity index (χ2v) is 11.9.